The Morgan fingerprint density at radius 2 is 1.93 bits per heavy atom. The summed E-state index contributed by atoms with van der Waals surface area (Å²) >= 11 is 5.80. The molecule has 1 nitrogen and oxygen atoms in total. The van der Waals surface area contributed by atoms with Crippen molar-refractivity contribution in [2.24, 2.45) is 0 Å². The number of hydrogen-bond donors (Lipinski definition) is 1. The molecule has 14 heavy (non-hydrogen) atoms. The Morgan fingerprint density at radius 3 is 2.50 bits per heavy atom. The highest BCUT2D eigenvalue weighted by molar-refractivity contribution is 6.17. The Bertz CT molecular complexity index is 417. The first-order chi connectivity index (χ1) is 6.81. The third kappa shape index (κ3) is 1.68. The zero-order valence-electron chi connectivity index (χ0n) is 8.05. The molecule has 0 aliphatic heterocycles. The summed E-state index contributed by atoms with van der Waals surface area (Å²) in [7, 11) is 0. The van der Waals surface area contributed by atoms with E-state index in [0.29, 0.717) is 5.88 Å². The van der Waals surface area contributed by atoms with Crippen molar-refractivity contribution in [3.63, 3.8) is 0 Å². The maximum absolute atomic E-state index is 5.80. The first kappa shape index (κ1) is 9.35. The van der Waals surface area contributed by atoms with Crippen molar-refractivity contribution < 1.29 is 0 Å². The van der Waals surface area contributed by atoms with Crippen LogP contribution in [0.15, 0.2) is 36.4 Å². The fraction of sp³-hybridized carbons (Fsp3) is 0.167. The van der Waals surface area contributed by atoms with Crippen LogP contribution in [0.5, 0.6) is 0 Å². The highest BCUT2D eigenvalue weighted by Crippen LogP contribution is 2.21. The molecule has 0 aliphatic rings. The number of alkyl halides is 1. The number of halogens is 1. The van der Waals surface area contributed by atoms with Gasteiger partial charge in [-0.05, 0) is 24.1 Å². The molecule has 0 fully saturated rings. The molecule has 0 unspecified atom stereocenters. The maximum atomic E-state index is 5.80. The van der Waals surface area contributed by atoms with Crippen LogP contribution in [-0.2, 0) is 5.88 Å². The van der Waals surface area contributed by atoms with E-state index in [-0.39, 0.29) is 0 Å². The van der Waals surface area contributed by atoms with E-state index in [1.165, 1.54) is 11.1 Å². The van der Waals surface area contributed by atoms with Crippen molar-refractivity contribution in [2.75, 3.05) is 0 Å². The molecule has 2 heteroatoms. The molecular weight excluding hydrogens is 194 g/mol. The summed E-state index contributed by atoms with van der Waals surface area (Å²) in [5.41, 5.74) is 4.66. The largest absolute Gasteiger partial charge is 0.357 e. The quantitative estimate of drug-likeness (QED) is 0.720. The van der Waals surface area contributed by atoms with E-state index in [1.54, 1.807) is 0 Å². The normalized spacial score (nSPS) is 10.4. The van der Waals surface area contributed by atoms with E-state index < -0.39 is 0 Å². The molecule has 2 aromatic rings. The Hall–Kier alpha value is -1.21. The van der Waals surface area contributed by atoms with Crippen LogP contribution in [0.2, 0.25) is 0 Å². The third-order valence-electron chi connectivity index (χ3n) is 2.34. The van der Waals surface area contributed by atoms with E-state index in [2.05, 4.69) is 30.1 Å². The molecule has 72 valence electrons. The lowest BCUT2D eigenvalue weighted by Crippen LogP contribution is -1.80. The molecule has 0 radical (unpaired) electrons. The molecule has 0 amide bonds. The van der Waals surface area contributed by atoms with Gasteiger partial charge >= 0.3 is 0 Å². The van der Waals surface area contributed by atoms with Gasteiger partial charge in [-0.25, -0.2) is 0 Å². The second kappa shape index (κ2) is 3.89. The number of nitrogens with one attached hydrogen (secondary N) is 1. The molecule has 0 atom stereocenters. The van der Waals surface area contributed by atoms with Crippen LogP contribution in [0.1, 0.15) is 11.3 Å². The van der Waals surface area contributed by atoms with Crippen molar-refractivity contribution in [1.82, 2.24) is 4.98 Å². The molecule has 0 spiro atoms. The van der Waals surface area contributed by atoms with Crippen molar-refractivity contribution in [1.29, 1.82) is 0 Å². The van der Waals surface area contributed by atoms with Gasteiger partial charge < -0.3 is 4.98 Å². The summed E-state index contributed by atoms with van der Waals surface area (Å²) in [6.45, 7) is 2.07. The minimum atomic E-state index is 0.540. The lowest BCUT2D eigenvalue weighted by Gasteiger charge is -1.95. The van der Waals surface area contributed by atoms with E-state index in [9.17, 15) is 0 Å². The lowest BCUT2D eigenvalue weighted by atomic mass is 10.1. The summed E-state index contributed by atoms with van der Waals surface area (Å²) < 4.78 is 0. The average molecular weight is 206 g/mol. The van der Waals surface area contributed by atoms with Gasteiger partial charge in [0, 0.05) is 11.4 Å². The Kier molecular flexibility index (Phi) is 2.60. The van der Waals surface area contributed by atoms with Crippen LogP contribution < -0.4 is 0 Å². The number of hydrogen-bond acceptors (Lipinski definition) is 0. The topological polar surface area (TPSA) is 15.8 Å². The highest BCUT2D eigenvalue weighted by atomic mass is 35.5. The zero-order valence-corrected chi connectivity index (χ0v) is 8.81. The van der Waals surface area contributed by atoms with Crippen LogP contribution in [0.4, 0.5) is 0 Å². The van der Waals surface area contributed by atoms with Gasteiger partial charge in [-0.1, -0.05) is 30.3 Å². The Labute approximate surface area is 88.7 Å². The molecule has 1 aromatic carbocycles. The van der Waals surface area contributed by atoms with Gasteiger partial charge in [0.2, 0.25) is 0 Å². The molecule has 1 aromatic heterocycles. The molecule has 0 saturated carbocycles. The fourth-order valence-electron chi connectivity index (χ4n) is 1.51. The maximum Gasteiger partial charge on any atom is 0.0627 e. The molecular formula is C12H12ClN. The van der Waals surface area contributed by atoms with E-state index in [0.717, 1.165) is 11.4 Å². The monoisotopic (exact) mass is 205 g/mol. The number of aromatic nitrogens is 1. The van der Waals surface area contributed by atoms with Gasteiger partial charge in [-0.15, -0.1) is 11.6 Å². The molecule has 0 bridgehead atoms. The number of aromatic amines is 1. The molecule has 0 aliphatic carbocycles. The van der Waals surface area contributed by atoms with Crippen LogP contribution in [0.25, 0.3) is 11.3 Å². The summed E-state index contributed by atoms with van der Waals surface area (Å²) in [5.74, 6) is 0.540. The summed E-state index contributed by atoms with van der Waals surface area (Å²) in [4.78, 5) is 3.32. The van der Waals surface area contributed by atoms with E-state index >= 15 is 0 Å². The predicted molar refractivity (Wildman–Crippen MR) is 60.5 cm³/mol. The molecule has 2 rings (SSSR count). The summed E-state index contributed by atoms with van der Waals surface area (Å²) in [5, 5.41) is 0. The lowest BCUT2D eigenvalue weighted by molar-refractivity contribution is 1.19. The summed E-state index contributed by atoms with van der Waals surface area (Å²) in [6.07, 6.45) is 0. The van der Waals surface area contributed by atoms with Crippen LogP contribution in [0, 0.1) is 6.92 Å². The minimum Gasteiger partial charge on any atom is -0.357 e. The van der Waals surface area contributed by atoms with Crippen molar-refractivity contribution in [3.05, 3.63) is 47.7 Å². The molecule has 1 N–H and O–H groups in total. The van der Waals surface area contributed by atoms with Crippen molar-refractivity contribution in [2.45, 2.75) is 12.8 Å². The van der Waals surface area contributed by atoms with Gasteiger partial charge in [0.1, 0.15) is 0 Å². The van der Waals surface area contributed by atoms with Gasteiger partial charge in [0.25, 0.3) is 0 Å². The first-order valence-electron chi connectivity index (χ1n) is 4.61. The third-order valence-corrected chi connectivity index (χ3v) is 2.61. The standard InChI is InChI=1S/C12H12ClN/c1-9-7-11(14-12(9)8-13)10-5-3-2-4-6-10/h2-7,14H,8H2,1H3. The highest BCUT2D eigenvalue weighted by Gasteiger charge is 2.04. The van der Waals surface area contributed by atoms with Crippen molar-refractivity contribution >= 4 is 11.6 Å². The van der Waals surface area contributed by atoms with Gasteiger partial charge in [0.05, 0.1) is 5.88 Å². The number of aryl methyl sites for hydroxylation is 1. The van der Waals surface area contributed by atoms with Crippen LogP contribution in [0.3, 0.4) is 0 Å². The number of H-pyrrole nitrogens is 1. The predicted octanol–water partition coefficient (Wildman–Crippen LogP) is 3.73. The Balaban J connectivity index is 2.43. The van der Waals surface area contributed by atoms with Crippen molar-refractivity contribution in [3.8, 4) is 11.3 Å². The SMILES string of the molecule is Cc1cc(-c2ccccc2)[nH]c1CCl. The fourth-order valence-corrected chi connectivity index (χ4v) is 1.79. The second-order valence-corrected chi connectivity index (χ2v) is 3.61. The molecule has 1 heterocycles. The number of benzene rings is 1. The smallest absolute Gasteiger partial charge is 0.0627 e. The van der Waals surface area contributed by atoms with E-state index in [1.807, 2.05) is 18.2 Å². The van der Waals surface area contributed by atoms with Gasteiger partial charge in [0.15, 0.2) is 0 Å². The Morgan fingerprint density at radius 1 is 1.21 bits per heavy atom. The first-order valence-corrected chi connectivity index (χ1v) is 5.14. The van der Waals surface area contributed by atoms with Crippen LogP contribution in [-0.4, -0.2) is 4.98 Å². The number of rotatable bonds is 2. The van der Waals surface area contributed by atoms with E-state index in [4.69, 9.17) is 11.6 Å². The van der Waals surface area contributed by atoms with Gasteiger partial charge in [-0.3, -0.25) is 0 Å². The second-order valence-electron chi connectivity index (χ2n) is 3.34. The van der Waals surface area contributed by atoms with Gasteiger partial charge in [-0.2, -0.15) is 0 Å². The average Bonchev–Trinajstić information content (AvgIpc) is 2.61. The van der Waals surface area contributed by atoms with Crippen LogP contribution >= 0.6 is 11.6 Å². The zero-order chi connectivity index (χ0) is 9.97. The summed E-state index contributed by atoms with van der Waals surface area (Å²) in [6, 6.07) is 12.4. The minimum absolute atomic E-state index is 0.540. The molecule has 0 saturated heterocycles.